The fourth-order valence-corrected chi connectivity index (χ4v) is 1.51. The fourth-order valence-electron chi connectivity index (χ4n) is 1.51. The van der Waals surface area contributed by atoms with E-state index >= 15 is 0 Å². The molecular formula is C15H25F3N4. The van der Waals surface area contributed by atoms with Gasteiger partial charge >= 0.3 is 6.18 Å². The number of anilines is 1. The lowest BCUT2D eigenvalue weighted by Gasteiger charge is -2.28. The highest BCUT2D eigenvalue weighted by molar-refractivity contribution is 5.36. The van der Waals surface area contributed by atoms with Gasteiger partial charge < -0.3 is 16.0 Å². The Bertz CT molecular complexity index is 443. The number of aromatic nitrogens is 1. The zero-order chi connectivity index (χ0) is 17.3. The van der Waals surface area contributed by atoms with Crippen molar-refractivity contribution in [3.63, 3.8) is 0 Å². The summed E-state index contributed by atoms with van der Waals surface area (Å²) in [4.78, 5) is 5.66. The molecule has 0 saturated carbocycles. The number of alkyl halides is 3. The Balaban J connectivity index is 0.00000211. The first-order valence-corrected chi connectivity index (χ1v) is 7.13. The van der Waals surface area contributed by atoms with Crippen LogP contribution < -0.4 is 11.1 Å². The smallest absolute Gasteiger partial charge is 0.373 e. The van der Waals surface area contributed by atoms with Crippen LogP contribution in [0.3, 0.4) is 0 Å². The molecule has 22 heavy (non-hydrogen) atoms. The van der Waals surface area contributed by atoms with E-state index in [0.717, 1.165) is 18.0 Å². The third-order valence-electron chi connectivity index (χ3n) is 3.06. The van der Waals surface area contributed by atoms with Crippen LogP contribution in [0.1, 0.15) is 26.3 Å². The number of pyridine rings is 1. The van der Waals surface area contributed by atoms with Crippen LogP contribution in [0.5, 0.6) is 0 Å². The van der Waals surface area contributed by atoms with Gasteiger partial charge in [0, 0.05) is 38.1 Å². The number of hydrogen-bond donors (Lipinski definition) is 2. The van der Waals surface area contributed by atoms with Crippen LogP contribution >= 0.6 is 0 Å². The zero-order valence-electron chi connectivity index (χ0n) is 13.5. The van der Waals surface area contributed by atoms with E-state index in [2.05, 4.69) is 16.9 Å². The Morgan fingerprint density at radius 2 is 2.00 bits per heavy atom. The number of rotatable bonds is 6. The molecule has 0 aliphatic rings. The summed E-state index contributed by atoms with van der Waals surface area (Å²) >= 11 is 0. The number of likely N-dealkylation sites (N-methyl/N-ethyl adjacent to an activating group) is 1. The number of halogens is 3. The lowest BCUT2D eigenvalue weighted by molar-refractivity contribution is -0.137. The van der Waals surface area contributed by atoms with Gasteiger partial charge in [0.25, 0.3) is 0 Å². The highest BCUT2D eigenvalue weighted by Crippen LogP contribution is 2.28. The second-order valence-electron chi connectivity index (χ2n) is 4.54. The Kier molecular flexibility index (Phi) is 8.55. The van der Waals surface area contributed by atoms with Crippen molar-refractivity contribution < 1.29 is 13.2 Å². The van der Waals surface area contributed by atoms with Crippen molar-refractivity contribution in [2.45, 2.75) is 33.0 Å². The van der Waals surface area contributed by atoms with Gasteiger partial charge in [0.2, 0.25) is 0 Å². The summed E-state index contributed by atoms with van der Waals surface area (Å²) in [6.07, 6.45) is -3.55. The Hall–Kier alpha value is -1.76. The van der Waals surface area contributed by atoms with Gasteiger partial charge in [-0.15, -0.1) is 0 Å². The maximum absolute atomic E-state index is 12.4. The molecule has 0 spiro atoms. The lowest BCUT2D eigenvalue weighted by Crippen LogP contribution is -2.36. The van der Waals surface area contributed by atoms with Gasteiger partial charge in [-0.3, -0.25) is 0 Å². The number of hydrogen-bond acceptors (Lipinski definition) is 4. The molecule has 1 heterocycles. The van der Waals surface area contributed by atoms with Gasteiger partial charge in [-0.25, -0.2) is 4.98 Å². The second kappa shape index (κ2) is 9.30. The van der Waals surface area contributed by atoms with E-state index in [0.29, 0.717) is 18.9 Å². The van der Waals surface area contributed by atoms with Crippen molar-refractivity contribution in [1.29, 1.82) is 0 Å². The quantitative estimate of drug-likeness (QED) is 0.845. The molecule has 1 rings (SSSR count). The normalized spacial score (nSPS) is 12.0. The highest BCUT2D eigenvalue weighted by atomic mass is 19.4. The summed E-state index contributed by atoms with van der Waals surface area (Å²) in [5, 5.41) is 2.98. The highest BCUT2D eigenvalue weighted by Gasteiger charge is 2.30. The van der Waals surface area contributed by atoms with Crippen LogP contribution in [-0.4, -0.2) is 36.1 Å². The van der Waals surface area contributed by atoms with E-state index in [1.54, 1.807) is 0 Å². The fraction of sp³-hybridized carbons (Fsp3) is 0.533. The van der Waals surface area contributed by atoms with Crippen molar-refractivity contribution >= 4 is 5.82 Å². The van der Waals surface area contributed by atoms with Crippen molar-refractivity contribution in [3.8, 4) is 0 Å². The molecule has 0 amide bonds. The molecule has 0 aromatic carbocycles. The molecule has 1 atom stereocenters. The molecule has 1 unspecified atom stereocenters. The Labute approximate surface area is 130 Å². The topological polar surface area (TPSA) is 54.2 Å². The van der Waals surface area contributed by atoms with Crippen LogP contribution in [0.25, 0.3) is 0 Å². The zero-order valence-corrected chi connectivity index (χ0v) is 13.5. The molecule has 1 aromatic heterocycles. The third kappa shape index (κ3) is 6.34. The lowest BCUT2D eigenvalue weighted by atomic mass is 10.2. The maximum atomic E-state index is 12.4. The van der Waals surface area contributed by atoms with Crippen molar-refractivity contribution in [3.05, 3.63) is 36.2 Å². The average molecular weight is 318 g/mol. The van der Waals surface area contributed by atoms with E-state index < -0.39 is 11.7 Å². The molecule has 0 bridgehead atoms. The van der Waals surface area contributed by atoms with E-state index in [4.69, 9.17) is 5.73 Å². The van der Waals surface area contributed by atoms with Gasteiger partial charge in [-0.1, -0.05) is 20.4 Å². The largest absolute Gasteiger partial charge is 0.417 e. The summed E-state index contributed by atoms with van der Waals surface area (Å²) in [5.41, 5.74) is 5.53. The van der Waals surface area contributed by atoms with Crippen LogP contribution in [0.2, 0.25) is 0 Å². The van der Waals surface area contributed by atoms with Crippen LogP contribution in [0.15, 0.2) is 30.6 Å². The van der Waals surface area contributed by atoms with Crippen molar-refractivity contribution in [1.82, 2.24) is 9.88 Å². The Morgan fingerprint density at radius 3 is 2.41 bits per heavy atom. The third-order valence-corrected chi connectivity index (χ3v) is 3.06. The predicted octanol–water partition coefficient (Wildman–Crippen LogP) is 3.33. The van der Waals surface area contributed by atoms with Gasteiger partial charge in [0.15, 0.2) is 0 Å². The van der Waals surface area contributed by atoms with Gasteiger partial charge in [0.1, 0.15) is 5.82 Å². The number of nitrogens with two attached hydrogens (primary N) is 1. The molecule has 0 saturated heterocycles. The maximum Gasteiger partial charge on any atom is 0.417 e. The van der Waals surface area contributed by atoms with Gasteiger partial charge in [-0.2, -0.15) is 13.2 Å². The van der Waals surface area contributed by atoms with E-state index in [1.807, 2.05) is 32.7 Å². The summed E-state index contributed by atoms with van der Waals surface area (Å²) < 4.78 is 37.1. The molecule has 7 heteroatoms. The molecule has 126 valence electrons. The van der Waals surface area contributed by atoms with E-state index in [9.17, 15) is 13.2 Å². The SMILES string of the molecule is C=C(CN)N(C)C(C)CNc1ccc(C(F)(F)F)cn1.CC. The first-order valence-electron chi connectivity index (χ1n) is 7.13. The minimum atomic E-state index is -4.36. The standard InChI is InChI=1S/C13H19F3N4.C2H6/c1-9(6-17)20(3)10(2)7-18-12-5-4-11(8-19-12)13(14,15)16;1-2/h4-5,8,10H,1,6-7,17H2,2-3H3,(H,18,19);1-2H3. The summed E-state index contributed by atoms with van der Waals surface area (Å²) in [5.74, 6) is 0.400. The molecule has 0 radical (unpaired) electrons. The summed E-state index contributed by atoms with van der Waals surface area (Å²) in [7, 11) is 1.86. The molecule has 0 fully saturated rings. The van der Waals surface area contributed by atoms with E-state index in [-0.39, 0.29) is 6.04 Å². The predicted molar refractivity (Wildman–Crippen MR) is 84.5 cm³/mol. The molecular weight excluding hydrogens is 293 g/mol. The molecule has 1 aromatic rings. The van der Waals surface area contributed by atoms with Crippen molar-refractivity contribution in [2.75, 3.05) is 25.5 Å². The summed E-state index contributed by atoms with van der Waals surface area (Å²) in [6, 6.07) is 2.41. The van der Waals surface area contributed by atoms with Crippen LogP contribution in [0.4, 0.5) is 19.0 Å². The minimum Gasteiger partial charge on any atom is -0.373 e. The number of nitrogens with one attached hydrogen (secondary N) is 1. The second-order valence-corrected chi connectivity index (χ2v) is 4.54. The molecule has 4 nitrogen and oxygen atoms in total. The first kappa shape index (κ1) is 20.2. The monoisotopic (exact) mass is 318 g/mol. The van der Waals surface area contributed by atoms with Crippen molar-refractivity contribution in [2.24, 2.45) is 5.73 Å². The van der Waals surface area contributed by atoms with Gasteiger partial charge in [0.05, 0.1) is 5.56 Å². The molecule has 0 aliphatic carbocycles. The molecule has 3 N–H and O–H groups in total. The minimum absolute atomic E-state index is 0.0927. The summed E-state index contributed by atoms with van der Waals surface area (Å²) in [6.45, 7) is 10.7. The molecule has 0 aliphatic heterocycles. The first-order chi connectivity index (χ1) is 10.3. The van der Waals surface area contributed by atoms with E-state index in [1.165, 1.54) is 6.07 Å². The number of nitrogens with zero attached hydrogens (tertiary/aromatic N) is 2. The Morgan fingerprint density at radius 1 is 1.41 bits per heavy atom. The average Bonchev–Trinajstić information content (AvgIpc) is 2.52. The van der Waals surface area contributed by atoms with Crippen LogP contribution in [0, 0.1) is 0 Å². The van der Waals surface area contributed by atoms with Crippen LogP contribution in [-0.2, 0) is 6.18 Å². The van der Waals surface area contributed by atoms with Gasteiger partial charge in [-0.05, 0) is 19.1 Å².